The third kappa shape index (κ3) is 5.92. The molecule has 4 nitrogen and oxygen atoms in total. The van der Waals surface area contributed by atoms with Crippen LogP contribution in [0.3, 0.4) is 0 Å². The number of phosphoric ester groups is 1. The maximum atomic E-state index is 14.0. The molecule has 0 spiro atoms. The van der Waals surface area contributed by atoms with E-state index in [0.717, 1.165) is 24.0 Å². The Balaban J connectivity index is 2.01. The molecule has 5 heteroatoms. The van der Waals surface area contributed by atoms with Crippen LogP contribution in [0.1, 0.15) is 63.5 Å². The Bertz CT molecular complexity index is 959. The van der Waals surface area contributed by atoms with Crippen molar-refractivity contribution >= 4 is 7.82 Å². The molecule has 0 N–H and O–H groups in total. The van der Waals surface area contributed by atoms with Gasteiger partial charge in [-0.05, 0) is 60.1 Å². The molecule has 0 aliphatic rings. The molecule has 0 radical (unpaired) electrons. The van der Waals surface area contributed by atoms with Crippen LogP contribution < -0.4 is 13.6 Å². The zero-order valence-corrected chi connectivity index (χ0v) is 19.5. The van der Waals surface area contributed by atoms with E-state index in [-0.39, 0.29) is 11.8 Å². The second-order valence-electron chi connectivity index (χ2n) is 7.73. The minimum absolute atomic E-state index is 0.244. The summed E-state index contributed by atoms with van der Waals surface area (Å²) in [5.41, 5.74) is 1.95. The standard InChI is InChI=1S/C26H31O4P/c1-5-20(3)23-16-10-12-18-25(23)29-31(27,28-22-14-8-7-9-15-22)30-26-19-13-11-17-24(26)21(4)6-2/h7-21H,5-6H2,1-4H3. The number of benzene rings is 3. The normalized spacial score (nSPS) is 14.8. The Morgan fingerprint density at radius 2 is 1.06 bits per heavy atom. The summed E-state index contributed by atoms with van der Waals surface area (Å²) in [6, 6.07) is 24.2. The highest BCUT2D eigenvalue weighted by atomic mass is 31.2. The zero-order valence-electron chi connectivity index (χ0n) is 18.7. The first-order valence-corrected chi connectivity index (χ1v) is 12.3. The Hall–Kier alpha value is -2.71. The Labute approximate surface area is 185 Å². The van der Waals surface area contributed by atoms with Gasteiger partial charge in [-0.3, -0.25) is 0 Å². The lowest BCUT2D eigenvalue weighted by molar-refractivity contribution is 0.295. The lowest BCUT2D eigenvalue weighted by atomic mass is 9.98. The molecule has 31 heavy (non-hydrogen) atoms. The van der Waals surface area contributed by atoms with Crippen LogP contribution in [-0.2, 0) is 4.57 Å². The topological polar surface area (TPSA) is 44.8 Å². The van der Waals surface area contributed by atoms with Crippen molar-refractivity contribution < 1.29 is 18.1 Å². The molecule has 0 aliphatic heterocycles. The van der Waals surface area contributed by atoms with E-state index in [1.807, 2.05) is 66.7 Å². The molecular weight excluding hydrogens is 407 g/mol. The van der Waals surface area contributed by atoms with Gasteiger partial charge in [-0.25, -0.2) is 0 Å². The fraction of sp³-hybridized carbons (Fsp3) is 0.308. The molecule has 3 rings (SSSR count). The molecule has 3 aromatic rings. The number of phosphoric acid groups is 1. The second-order valence-corrected chi connectivity index (χ2v) is 9.17. The highest BCUT2D eigenvalue weighted by molar-refractivity contribution is 7.49. The van der Waals surface area contributed by atoms with Crippen molar-refractivity contribution in [2.75, 3.05) is 0 Å². The third-order valence-corrected chi connectivity index (χ3v) is 6.78. The molecule has 0 bridgehead atoms. The zero-order chi connectivity index (χ0) is 22.3. The first-order chi connectivity index (χ1) is 15.0. The van der Waals surface area contributed by atoms with Gasteiger partial charge in [0.25, 0.3) is 0 Å². The van der Waals surface area contributed by atoms with Gasteiger partial charge in [0, 0.05) is 0 Å². The molecular formula is C26H31O4P. The third-order valence-electron chi connectivity index (χ3n) is 5.51. The largest absolute Gasteiger partial charge is 0.647 e. The van der Waals surface area contributed by atoms with Crippen LogP contribution >= 0.6 is 7.82 Å². The molecule has 0 fully saturated rings. The molecule has 0 aliphatic carbocycles. The monoisotopic (exact) mass is 438 g/mol. The predicted octanol–water partition coefficient (Wildman–Crippen LogP) is 8.36. The lowest BCUT2D eigenvalue weighted by Crippen LogP contribution is -2.10. The first-order valence-electron chi connectivity index (χ1n) is 10.9. The van der Waals surface area contributed by atoms with E-state index in [0.29, 0.717) is 17.2 Å². The maximum absolute atomic E-state index is 14.0. The number of para-hydroxylation sites is 3. The van der Waals surface area contributed by atoms with E-state index in [9.17, 15) is 4.57 Å². The molecule has 0 heterocycles. The van der Waals surface area contributed by atoms with Crippen LogP contribution in [0.5, 0.6) is 17.2 Å². The van der Waals surface area contributed by atoms with E-state index in [1.165, 1.54) is 0 Å². The van der Waals surface area contributed by atoms with E-state index in [1.54, 1.807) is 12.1 Å². The van der Waals surface area contributed by atoms with Crippen molar-refractivity contribution in [3.05, 3.63) is 90.0 Å². The fourth-order valence-corrected chi connectivity index (χ4v) is 4.59. The van der Waals surface area contributed by atoms with E-state index < -0.39 is 7.82 Å². The summed E-state index contributed by atoms with van der Waals surface area (Å²) in [4.78, 5) is 0. The predicted molar refractivity (Wildman–Crippen MR) is 126 cm³/mol. The van der Waals surface area contributed by atoms with Crippen LogP contribution in [-0.4, -0.2) is 0 Å². The van der Waals surface area contributed by atoms with Gasteiger partial charge in [0.2, 0.25) is 0 Å². The average molecular weight is 439 g/mol. The average Bonchev–Trinajstić information content (AvgIpc) is 2.79. The quantitative estimate of drug-likeness (QED) is 0.298. The molecule has 0 saturated heterocycles. The van der Waals surface area contributed by atoms with Crippen LogP contribution in [0.2, 0.25) is 0 Å². The molecule has 3 aromatic carbocycles. The lowest BCUT2D eigenvalue weighted by Gasteiger charge is -2.24. The van der Waals surface area contributed by atoms with Gasteiger partial charge < -0.3 is 13.6 Å². The van der Waals surface area contributed by atoms with Gasteiger partial charge in [-0.1, -0.05) is 82.3 Å². The summed E-state index contributed by atoms with van der Waals surface area (Å²) in [5, 5.41) is 0. The van der Waals surface area contributed by atoms with E-state index >= 15 is 0 Å². The van der Waals surface area contributed by atoms with E-state index in [4.69, 9.17) is 13.6 Å². The summed E-state index contributed by atoms with van der Waals surface area (Å²) >= 11 is 0. The van der Waals surface area contributed by atoms with Crippen molar-refractivity contribution in [1.29, 1.82) is 0 Å². The SMILES string of the molecule is CCC(C)c1ccccc1OP(=O)(Oc1ccccc1)Oc1ccccc1C(C)CC. The highest BCUT2D eigenvalue weighted by Gasteiger charge is 2.35. The van der Waals surface area contributed by atoms with Crippen LogP contribution in [0.25, 0.3) is 0 Å². The van der Waals surface area contributed by atoms with Crippen LogP contribution in [0.15, 0.2) is 78.9 Å². The summed E-state index contributed by atoms with van der Waals surface area (Å²) < 4.78 is 31.9. The number of hydrogen-bond acceptors (Lipinski definition) is 4. The van der Waals surface area contributed by atoms with Crippen molar-refractivity contribution in [3.8, 4) is 17.2 Å². The summed E-state index contributed by atoms with van der Waals surface area (Å²) in [6.07, 6.45) is 1.86. The summed E-state index contributed by atoms with van der Waals surface area (Å²) in [7, 11) is -4.04. The van der Waals surface area contributed by atoms with Gasteiger partial charge in [0.15, 0.2) is 0 Å². The van der Waals surface area contributed by atoms with Gasteiger partial charge in [-0.2, -0.15) is 4.57 Å². The number of rotatable bonds is 10. The molecule has 2 atom stereocenters. The van der Waals surface area contributed by atoms with Crippen LogP contribution in [0, 0.1) is 0 Å². The first kappa shape index (κ1) is 23.0. The van der Waals surface area contributed by atoms with Crippen molar-refractivity contribution in [1.82, 2.24) is 0 Å². The minimum Gasteiger partial charge on any atom is -0.386 e. The highest BCUT2D eigenvalue weighted by Crippen LogP contribution is 2.52. The van der Waals surface area contributed by atoms with Gasteiger partial charge >= 0.3 is 7.82 Å². The summed E-state index contributed by atoms with van der Waals surface area (Å²) in [5.74, 6) is 1.93. The molecule has 164 valence electrons. The number of hydrogen-bond donors (Lipinski definition) is 0. The molecule has 0 aromatic heterocycles. The van der Waals surface area contributed by atoms with Gasteiger partial charge in [0.1, 0.15) is 17.2 Å². The maximum Gasteiger partial charge on any atom is 0.647 e. The van der Waals surface area contributed by atoms with Crippen molar-refractivity contribution in [2.45, 2.75) is 52.4 Å². The Morgan fingerprint density at radius 3 is 1.52 bits per heavy atom. The minimum atomic E-state index is -4.04. The smallest absolute Gasteiger partial charge is 0.386 e. The van der Waals surface area contributed by atoms with Gasteiger partial charge in [0.05, 0.1) is 0 Å². The molecule has 0 saturated carbocycles. The van der Waals surface area contributed by atoms with Crippen molar-refractivity contribution in [3.63, 3.8) is 0 Å². The fourth-order valence-electron chi connectivity index (χ4n) is 3.29. The van der Waals surface area contributed by atoms with Crippen LogP contribution in [0.4, 0.5) is 0 Å². The Morgan fingerprint density at radius 1 is 0.645 bits per heavy atom. The second kappa shape index (κ2) is 10.5. The summed E-state index contributed by atoms with van der Waals surface area (Å²) in [6.45, 7) is 8.45. The van der Waals surface area contributed by atoms with E-state index in [2.05, 4.69) is 27.7 Å². The van der Waals surface area contributed by atoms with Gasteiger partial charge in [-0.15, -0.1) is 0 Å². The Kier molecular flexibility index (Phi) is 7.81. The molecule has 2 unspecified atom stereocenters. The van der Waals surface area contributed by atoms with Crippen molar-refractivity contribution in [2.24, 2.45) is 0 Å². The molecule has 0 amide bonds.